The van der Waals surface area contributed by atoms with Gasteiger partial charge in [0.2, 0.25) is 20.9 Å². The average molecular weight is 325 g/mol. The summed E-state index contributed by atoms with van der Waals surface area (Å²) < 4.78 is 26.2. The Bertz CT molecular complexity index is 711. The minimum absolute atomic E-state index is 0.192. The second-order valence-corrected chi connectivity index (χ2v) is 7.20. The fourth-order valence-corrected chi connectivity index (χ4v) is 3.15. The molecule has 0 saturated heterocycles. The summed E-state index contributed by atoms with van der Waals surface area (Å²) in [7, 11) is -3.43. The van der Waals surface area contributed by atoms with Crippen molar-refractivity contribution in [2.24, 2.45) is 0 Å². The van der Waals surface area contributed by atoms with Gasteiger partial charge in [0.05, 0.1) is 0 Å². The average Bonchev–Trinajstić information content (AvgIpc) is 2.88. The number of nitrogens with one attached hydrogen (secondary N) is 1. The van der Waals surface area contributed by atoms with Crippen molar-refractivity contribution in [2.45, 2.75) is 24.4 Å². The van der Waals surface area contributed by atoms with Crippen LogP contribution >= 0.6 is 11.5 Å². The predicted molar refractivity (Wildman–Crippen MR) is 81.0 cm³/mol. The van der Waals surface area contributed by atoms with Gasteiger partial charge in [0.15, 0.2) is 0 Å². The number of aromatic nitrogens is 2. The van der Waals surface area contributed by atoms with Gasteiger partial charge in [0.1, 0.15) is 0 Å². The molecule has 0 fully saturated rings. The van der Waals surface area contributed by atoms with Crippen molar-refractivity contribution in [2.75, 3.05) is 11.6 Å². The molecule has 0 aliphatic rings. The predicted octanol–water partition coefficient (Wildman–Crippen LogP) is 1.90. The summed E-state index contributed by atoms with van der Waals surface area (Å²) in [6, 6.07) is 9.90. The standard InChI is InChI=1S/C13H15N3O3S2/c1-21(18,19)13-15-12(20-16-13)14-11(17)9-5-8-10-6-3-2-4-7-10/h2-4,6-7H,5,8-9H2,1H3,(H,14,15,16,17). The first-order valence-electron chi connectivity index (χ1n) is 6.33. The highest BCUT2D eigenvalue weighted by molar-refractivity contribution is 7.90. The van der Waals surface area contributed by atoms with Crippen LogP contribution in [-0.2, 0) is 21.1 Å². The summed E-state index contributed by atoms with van der Waals surface area (Å²) in [4.78, 5) is 15.5. The smallest absolute Gasteiger partial charge is 0.260 e. The number of hydrogen-bond acceptors (Lipinski definition) is 6. The molecule has 21 heavy (non-hydrogen) atoms. The summed E-state index contributed by atoms with van der Waals surface area (Å²) in [6.07, 6.45) is 2.91. The number of anilines is 1. The number of amides is 1. The molecule has 0 aliphatic heterocycles. The lowest BCUT2D eigenvalue weighted by atomic mass is 10.1. The zero-order valence-corrected chi connectivity index (χ0v) is 13.1. The quantitative estimate of drug-likeness (QED) is 0.876. The zero-order valence-electron chi connectivity index (χ0n) is 11.4. The molecule has 0 bridgehead atoms. The van der Waals surface area contributed by atoms with Gasteiger partial charge in [-0.25, -0.2) is 8.42 Å². The van der Waals surface area contributed by atoms with Gasteiger partial charge in [-0.1, -0.05) is 30.3 Å². The van der Waals surface area contributed by atoms with Crippen LogP contribution < -0.4 is 5.32 Å². The van der Waals surface area contributed by atoms with E-state index in [0.29, 0.717) is 12.8 Å². The van der Waals surface area contributed by atoms with Crippen LogP contribution in [0.4, 0.5) is 5.13 Å². The molecule has 0 unspecified atom stereocenters. The molecule has 1 aromatic heterocycles. The minimum Gasteiger partial charge on any atom is -0.301 e. The molecule has 1 amide bonds. The van der Waals surface area contributed by atoms with Crippen molar-refractivity contribution in [1.29, 1.82) is 0 Å². The Kier molecular flexibility index (Phi) is 5.03. The van der Waals surface area contributed by atoms with E-state index in [0.717, 1.165) is 24.2 Å². The SMILES string of the molecule is CS(=O)(=O)c1nsc(NC(=O)CCCc2ccccc2)n1. The number of benzene rings is 1. The van der Waals surface area contributed by atoms with Crippen LogP contribution in [0.3, 0.4) is 0 Å². The third-order valence-corrected chi connectivity index (χ3v) is 4.29. The summed E-state index contributed by atoms with van der Waals surface area (Å²) in [5.74, 6) is -0.192. The van der Waals surface area contributed by atoms with E-state index in [9.17, 15) is 13.2 Å². The number of rotatable bonds is 6. The van der Waals surface area contributed by atoms with Crippen LogP contribution in [0.1, 0.15) is 18.4 Å². The van der Waals surface area contributed by atoms with Gasteiger partial charge >= 0.3 is 0 Å². The molecule has 0 spiro atoms. The first kappa shape index (κ1) is 15.6. The molecule has 0 saturated carbocycles. The number of sulfone groups is 1. The van der Waals surface area contributed by atoms with Crippen LogP contribution in [0.2, 0.25) is 0 Å². The molecular formula is C13H15N3O3S2. The third kappa shape index (κ3) is 4.91. The summed E-state index contributed by atoms with van der Waals surface area (Å²) in [6.45, 7) is 0. The Morgan fingerprint density at radius 2 is 2.00 bits per heavy atom. The molecule has 2 rings (SSSR count). The van der Waals surface area contributed by atoms with Crippen LogP contribution in [-0.4, -0.2) is 29.9 Å². The maximum Gasteiger partial charge on any atom is 0.260 e. The van der Waals surface area contributed by atoms with E-state index in [2.05, 4.69) is 14.7 Å². The van der Waals surface area contributed by atoms with Gasteiger partial charge in [-0.05, 0) is 18.4 Å². The summed E-state index contributed by atoms with van der Waals surface area (Å²) >= 11 is 0.862. The Morgan fingerprint density at radius 3 is 2.62 bits per heavy atom. The molecule has 112 valence electrons. The minimum atomic E-state index is -3.43. The summed E-state index contributed by atoms with van der Waals surface area (Å²) in [5, 5.41) is 2.51. The molecule has 8 heteroatoms. The molecule has 0 aliphatic carbocycles. The molecule has 0 radical (unpaired) electrons. The first-order chi connectivity index (χ1) is 9.95. The van der Waals surface area contributed by atoms with E-state index in [1.807, 2.05) is 30.3 Å². The Morgan fingerprint density at radius 1 is 1.29 bits per heavy atom. The molecule has 6 nitrogen and oxygen atoms in total. The van der Waals surface area contributed by atoms with Crippen LogP contribution in [0.15, 0.2) is 35.5 Å². The normalized spacial score (nSPS) is 11.3. The van der Waals surface area contributed by atoms with Crippen LogP contribution in [0.25, 0.3) is 0 Å². The summed E-state index contributed by atoms with van der Waals surface area (Å²) in [5.41, 5.74) is 1.18. The highest BCUT2D eigenvalue weighted by Crippen LogP contribution is 2.15. The van der Waals surface area contributed by atoms with Gasteiger partial charge in [0.25, 0.3) is 5.16 Å². The highest BCUT2D eigenvalue weighted by atomic mass is 32.2. The number of carbonyl (C=O) groups is 1. The Hall–Kier alpha value is -1.80. The molecular weight excluding hydrogens is 310 g/mol. The maximum absolute atomic E-state index is 11.7. The van der Waals surface area contributed by atoms with Crippen molar-refractivity contribution in [3.05, 3.63) is 35.9 Å². The van der Waals surface area contributed by atoms with Gasteiger partial charge in [-0.2, -0.15) is 9.36 Å². The lowest BCUT2D eigenvalue weighted by Gasteiger charge is -2.01. The van der Waals surface area contributed by atoms with E-state index in [4.69, 9.17) is 0 Å². The van der Waals surface area contributed by atoms with E-state index in [-0.39, 0.29) is 16.2 Å². The number of hydrogen-bond donors (Lipinski definition) is 1. The fraction of sp³-hybridized carbons (Fsp3) is 0.308. The molecule has 0 atom stereocenters. The van der Waals surface area contributed by atoms with Gasteiger partial charge in [-0.3, -0.25) is 4.79 Å². The van der Waals surface area contributed by atoms with Crippen molar-refractivity contribution in [3.8, 4) is 0 Å². The largest absolute Gasteiger partial charge is 0.301 e. The molecule has 1 heterocycles. The van der Waals surface area contributed by atoms with Gasteiger partial charge in [-0.15, -0.1) is 0 Å². The lowest BCUT2D eigenvalue weighted by molar-refractivity contribution is -0.116. The van der Waals surface area contributed by atoms with Crippen molar-refractivity contribution >= 4 is 32.4 Å². The highest BCUT2D eigenvalue weighted by Gasteiger charge is 2.15. The van der Waals surface area contributed by atoms with Crippen LogP contribution in [0.5, 0.6) is 0 Å². The Labute approximate surface area is 127 Å². The van der Waals surface area contributed by atoms with E-state index in [1.54, 1.807) is 0 Å². The lowest BCUT2D eigenvalue weighted by Crippen LogP contribution is -2.11. The van der Waals surface area contributed by atoms with E-state index >= 15 is 0 Å². The van der Waals surface area contributed by atoms with Crippen LogP contribution in [0, 0.1) is 0 Å². The third-order valence-electron chi connectivity index (χ3n) is 2.70. The first-order valence-corrected chi connectivity index (χ1v) is 8.99. The monoisotopic (exact) mass is 325 g/mol. The van der Waals surface area contributed by atoms with E-state index < -0.39 is 9.84 Å². The van der Waals surface area contributed by atoms with Crippen molar-refractivity contribution < 1.29 is 13.2 Å². The van der Waals surface area contributed by atoms with Crippen molar-refractivity contribution in [3.63, 3.8) is 0 Å². The van der Waals surface area contributed by atoms with Gasteiger partial charge < -0.3 is 5.32 Å². The molecule has 2 aromatic rings. The fourth-order valence-electron chi connectivity index (χ4n) is 1.69. The van der Waals surface area contributed by atoms with E-state index in [1.165, 1.54) is 5.56 Å². The number of carbonyl (C=O) groups excluding carboxylic acids is 1. The molecule has 1 N–H and O–H groups in total. The zero-order chi connectivity index (χ0) is 15.3. The molecule has 1 aromatic carbocycles. The maximum atomic E-state index is 11.7. The van der Waals surface area contributed by atoms with Gasteiger partial charge in [0, 0.05) is 24.2 Å². The topological polar surface area (TPSA) is 89.0 Å². The second kappa shape index (κ2) is 6.77. The van der Waals surface area contributed by atoms with Crippen molar-refractivity contribution in [1.82, 2.24) is 9.36 Å². The second-order valence-electron chi connectivity index (χ2n) is 4.54. The number of aryl methyl sites for hydroxylation is 1. The number of nitrogens with zero attached hydrogens (tertiary/aromatic N) is 2. The Balaban J connectivity index is 1.81.